The quantitative estimate of drug-likeness (QED) is 0.899. The molecule has 2 heterocycles. The second-order valence-electron chi connectivity index (χ2n) is 5.29. The lowest BCUT2D eigenvalue weighted by Gasteiger charge is -2.35. The van der Waals surface area contributed by atoms with Crippen molar-refractivity contribution in [3.05, 3.63) is 35.2 Å². The van der Waals surface area contributed by atoms with E-state index in [0.717, 1.165) is 19.3 Å². The van der Waals surface area contributed by atoms with E-state index in [1.165, 1.54) is 15.6 Å². The molecule has 2 aromatic rings. The molecule has 3 heteroatoms. The molecule has 1 fully saturated rings. The van der Waals surface area contributed by atoms with E-state index in [0.29, 0.717) is 6.61 Å². The molecule has 0 amide bonds. The molecule has 1 saturated heterocycles. The van der Waals surface area contributed by atoms with Crippen LogP contribution in [0.1, 0.15) is 25.3 Å². The van der Waals surface area contributed by atoms with Gasteiger partial charge in [-0.2, -0.15) is 0 Å². The van der Waals surface area contributed by atoms with E-state index in [-0.39, 0.29) is 6.10 Å². The molecular weight excluding hydrogens is 244 g/mol. The third-order valence-electron chi connectivity index (χ3n) is 3.72. The average Bonchev–Trinajstić information content (AvgIpc) is 2.72. The zero-order chi connectivity index (χ0) is 12.6. The normalized spacial score (nSPS) is 28.7. The molecular formula is C15H18O2S. The molecule has 3 rings (SSSR count). The van der Waals surface area contributed by atoms with Crippen molar-refractivity contribution in [3.63, 3.8) is 0 Å². The number of benzene rings is 1. The van der Waals surface area contributed by atoms with Gasteiger partial charge < -0.3 is 9.84 Å². The van der Waals surface area contributed by atoms with Gasteiger partial charge >= 0.3 is 0 Å². The first kappa shape index (κ1) is 12.2. The van der Waals surface area contributed by atoms with E-state index in [1.54, 1.807) is 11.3 Å². The highest BCUT2D eigenvalue weighted by Crippen LogP contribution is 2.33. The van der Waals surface area contributed by atoms with Crippen LogP contribution in [0.15, 0.2) is 29.6 Å². The summed E-state index contributed by atoms with van der Waals surface area (Å²) in [5, 5.41) is 14.2. The minimum Gasteiger partial charge on any atom is -0.389 e. The number of hydrogen-bond acceptors (Lipinski definition) is 3. The van der Waals surface area contributed by atoms with Crippen LogP contribution in [0.3, 0.4) is 0 Å². The second-order valence-corrected chi connectivity index (χ2v) is 6.20. The fourth-order valence-electron chi connectivity index (χ4n) is 2.83. The van der Waals surface area contributed by atoms with Crippen LogP contribution in [0.4, 0.5) is 0 Å². The van der Waals surface area contributed by atoms with E-state index in [1.807, 2.05) is 6.92 Å². The van der Waals surface area contributed by atoms with Crippen molar-refractivity contribution in [2.24, 2.45) is 0 Å². The van der Waals surface area contributed by atoms with Crippen molar-refractivity contribution < 1.29 is 9.84 Å². The first-order valence-corrected chi connectivity index (χ1v) is 7.33. The Hall–Kier alpha value is -0.900. The van der Waals surface area contributed by atoms with Crippen molar-refractivity contribution in [3.8, 4) is 0 Å². The van der Waals surface area contributed by atoms with Gasteiger partial charge in [0.2, 0.25) is 0 Å². The van der Waals surface area contributed by atoms with E-state index in [4.69, 9.17) is 4.74 Å². The van der Waals surface area contributed by atoms with Gasteiger partial charge in [0.15, 0.2) is 0 Å². The summed E-state index contributed by atoms with van der Waals surface area (Å²) < 4.78 is 6.82. The van der Waals surface area contributed by atoms with E-state index in [2.05, 4.69) is 29.6 Å². The maximum absolute atomic E-state index is 10.7. The number of fused-ring (bicyclic) bond motifs is 1. The van der Waals surface area contributed by atoms with E-state index >= 15 is 0 Å². The molecule has 0 saturated carbocycles. The lowest BCUT2D eigenvalue weighted by molar-refractivity contribution is -0.0959. The minimum absolute atomic E-state index is 0.161. The fraction of sp³-hybridized carbons (Fsp3) is 0.467. The van der Waals surface area contributed by atoms with Gasteiger partial charge in [0, 0.05) is 24.1 Å². The molecule has 1 aromatic heterocycles. The summed E-state index contributed by atoms with van der Waals surface area (Å²) in [6.45, 7) is 2.70. The van der Waals surface area contributed by atoms with Gasteiger partial charge in [-0.1, -0.05) is 18.2 Å². The number of rotatable bonds is 2. The first-order valence-electron chi connectivity index (χ1n) is 6.45. The van der Waals surface area contributed by atoms with Gasteiger partial charge in [0.25, 0.3) is 0 Å². The van der Waals surface area contributed by atoms with Crippen LogP contribution in [0.25, 0.3) is 10.1 Å². The first-order chi connectivity index (χ1) is 8.66. The van der Waals surface area contributed by atoms with Crippen LogP contribution >= 0.6 is 11.3 Å². The Kier molecular flexibility index (Phi) is 3.14. The minimum atomic E-state index is -0.596. The Morgan fingerprint density at radius 3 is 3.11 bits per heavy atom. The third kappa shape index (κ3) is 2.30. The largest absolute Gasteiger partial charge is 0.389 e. The molecule has 0 spiro atoms. The van der Waals surface area contributed by atoms with Gasteiger partial charge in [-0.05, 0) is 35.7 Å². The SMILES string of the molecule is CC1CC(O)(Cc2csc3ccccc23)CCO1. The van der Waals surface area contributed by atoms with Crippen molar-refractivity contribution in [2.75, 3.05) is 6.61 Å². The van der Waals surface area contributed by atoms with Crippen molar-refractivity contribution in [2.45, 2.75) is 37.9 Å². The summed E-state index contributed by atoms with van der Waals surface area (Å²) in [5.41, 5.74) is 0.675. The lowest BCUT2D eigenvalue weighted by Crippen LogP contribution is -2.41. The molecule has 96 valence electrons. The number of hydrogen-bond donors (Lipinski definition) is 1. The van der Waals surface area contributed by atoms with Crippen molar-refractivity contribution >= 4 is 21.4 Å². The molecule has 1 aliphatic rings. The number of thiophene rings is 1. The summed E-state index contributed by atoms with van der Waals surface area (Å²) >= 11 is 1.76. The second kappa shape index (κ2) is 4.65. The summed E-state index contributed by atoms with van der Waals surface area (Å²) in [6, 6.07) is 8.41. The Bertz CT molecular complexity index is 548. The summed E-state index contributed by atoms with van der Waals surface area (Å²) in [6.07, 6.45) is 2.37. The molecule has 0 bridgehead atoms. The van der Waals surface area contributed by atoms with Crippen LogP contribution in [0.2, 0.25) is 0 Å². The van der Waals surface area contributed by atoms with E-state index < -0.39 is 5.60 Å². The third-order valence-corrected chi connectivity index (χ3v) is 4.73. The maximum atomic E-state index is 10.7. The molecule has 0 aliphatic carbocycles. The Morgan fingerprint density at radius 2 is 2.28 bits per heavy atom. The van der Waals surface area contributed by atoms with Crippen LogP contribution < -0.4 is 0 Å². The topological polar surface area (TPSA) is 29.5 Å². The van der Waals surface area contributed by atoms with Crippen LogP contribution in [-0.4, -0.2) is 23.4 Å². The van der Waals surface area contributed by atoms with Gasteiger partial charge in [-0.15, -0.1) is 11.3 Å². The highest BCUT2D eigenvalue weighted by Gasteiger charge is 2.33. The zero-order valence-electron chi connectivity index (χ0n) is 10.6. The number of aliphatic hydroxyl groups is 1. The Labute approximate surface area is 111 Å². The maximum Gasteiger partial charge on any atom is 0.0734 e. The smallest absolute Gasteiger partial charge is 0.0734 e. The van der Waals surface area contributed by atoms with Gasteiger partial charge in [-0.3, -0.25) is 0 Å². The monoisotopic (exact) mass is 262 g/mol. The predicted molar refractivity (Wildman–Crippen MR) is 75.1 cm³/mol. The molecule has 1 N–H and O–H groups in total. The van der Waals surface area contributed by atoms with Gasteiger partial charge in [0.1, 0.15) is 0 Å². The number of ether oxygens (including phenoxy) is 1. The highest BCUT2D eigenvalue weighted by molar-refractivity contribution is 7.17. The lowest BCUT2D eigenvalue weighted by atomic mass is 9.85. The zero-order valence-corrected chi connectivity index (χ0v) is 11.4. The fourth-order valence-corrected chi connectivity index (χ4v) is 3.79. The summed E-state index contributed by atoms with van der Waals surface area (Å²) in [4.78, 5) is 0. The van der Waals surface area contributed by atoms with Gasteiger partial charge in [-0.25, -0.2) is 0 Å². The van der Waals surface area contributed by atoms with Crippen molar-refractivity contribution in [1.82, 2.24) is 0 Å². The molecule has 0 radical (unpaired) electrons. The molecule has 2 nitrogen and oxygen atoms in total. The Morgan fingerprint density at radius 1 is 1.44 bits per heavy atom. The van der Waals surface area contributed by atoms with E-state index in [9.17, 15) is 5.11 Å². The molecule has 1 aromatic carbocycles. The molecule has 1 aliphatic heterocycles. The average molecular weight is 262 g/mol. The van der Waals surface area contributed by atoms with Gasteiger partial charge in [0.05, 0.1) is 11.7 Å². The molecule has 2 atom stereocenters. The summed E-state index contributed by atoms with van der Waals surface area (Å²) in [5.74, 6) is 0. The molecule has 2 unspecified atom stereocenters. The standard InChI is InChI=1S/C15H18O2S/c1-11-8-15(16,6-7-17-11)9-12-10-18-14-5-3-2-4-13(12)14/h2-5,10-11,16H,6-9H2,1H3. The summed E-state index contributed by atoms with van der Waals surface area (Å²) in [7, 11) is 0. The van der Waals surface area contributed by atoms with Crippen LogP contribution in [-0.2, 0) is 11.2 Å². The highest BCUT2D eigenvalue weighted by atomic mass is 32.1. The van der Waals surface area contributed by atoms with Crippen LogP contribution in [0, 0.1) is 0 Å². The predicted octanol–water partition coefficient (Wildman–Crippen LogP) is 3.37. The van der Waals surface area contributed by atoms with Crippen LogP contribution in [0.5, 0.6) is 0 Å². The van der Waals surface area contributed by atoms with Crippen molar-refractivity contribution in [1.29, 1.82) is 0 Å². The molecule has 18 heavy (non-hydrogen) atoms. The Balaban J connectivity index is 1.87.